The van der Waals surface area contributed by atoms with Gasteiger partial charge in [-0.3, -0.25) is 14.5 Å². The number of alkyl halides is 2. The van der Waals surface area contributed by atoms with Crippen molar-refractivity contribution < 1.29 is 18.1 Å². The third-order valence-electron chi connectivity index (χ3n) is 5.24. The lowest BCUT2D eigenvalue weighted by molar-refractivity contribution is 0.0200. The molecule has 5 rings (SSSR count). The van der Waals surface area contributed by atoms with Gasteiger partial charge in [-0.25, -0.2) is 13.8 Å². The maximum Gasteiger partial charge on any atom is 0.274 e. The van der Waals surface area contributed by atoms with Crippen molar-refractivity contribution in [3.63, 3.8) is 0 Å². The highest BCUT2D eigenvalue weighted by Gasteiger charge is 2.42. The molecule has 1 atom stereocenters. The van der Waals surface area contributed by atoms with Crippen LogP contribution in [0.4, 0.5) is 14.5 Å². The number of anilines is 1. The summed E-state index contributed by atoms with van der Waals surface area (Å²) in [5.74, 6) is -2.73. The lowest BCUT2D eigenvalue weighted by Crippen LogP contribution is -2.19. The summed E-state index contributed by atoms with van der Waals surface area (Å²) in [5, 5.41) is 9.51. The molecule has 3 aromatic heterocycles. The van der Waals surface area contributed by atoms with E-state index in [2.05, 4.69) is 25.8 Å². The highest BCUT2D eigenvalue weighted by atomic mass is 19.3. The molecule has 1 aliphatic rings. The summed E-state index contributed by atoms with van der Waals surface area (Å²) in [6.07, 6.45) is 2.89. The predicted molar refractivity (Wildman–Crippen MR) is 108 cm³/mol. The van der Waals surface area contributed by atoms with Gasteiger partial charge in [-0.2, -0.15) is 4.98 Å². The monoisotopic (exact) mass is 424 g/mol. The number of nitrogens with one attached hydrogen (secondary N) is 2. The maximum absolute atomic E-state index is 13.4. The van der Waals surface area contributed by atoms with Gasteiger partial charge < -0.3 is 9.84 Å². The van der Waals surface area contributed by atoms with Crippen LogP contribution in [0.25, 0.3) is 17.0 Å². The number of imidazole rings is 1. The first-order valence-corrected chi connectivity index (χ1v) is 9.69. The summed E-state index contributed by atoms with van der Waals surface area (Å²) < 4.78 is 33.8. The number of aryl methyl sites for hydroxylation is 1. The molecule has 4 heterocycles. The number of fused-ring (bicyclic) bond motifs is 1. The second kappa shape index (κ2) is 7.24. The van der Waals surface area contributed by atoms with E-state index >= 15 is 0 Å². The molecule has 10 heteroatoms. The molecule has 0 unspecified atom stereocenters. The number of pyridine rings is 1. The van der Waals surface area contributed by atoms with E-state index in [1.807, 2.05) is 31.2 Å². The number of hydrogen-bond donors (Lipinski definition) is 2. The number of hydrogen-bond acceptors (Lipinski definition) is 6. The van der Waals surface area contributed by atoms with Crippen LogP contribution in [-0.2, 0) is 0 Å². The fourth-order valence-electron chi connectivity index (χ4n) is 3.57. The highest BCUT2D eigenvalue weighted by molar-refractivity contribution is 6.04. The fraction of sp³-hybridized carbons (Fsp3) is 0.238. The Bertz CT molecular complexity index is 1280. The van der Waals surface area contributed by atoms with Crippen molar-refractivity contribution in [2.75, 3.05) is 11.9 Å². The number of nitrogens with zero attached hydrogens (tertiary/aromatic N) is 4. The number of rotatable bonds is 4. The van der Waals surface area contributed by atoms with Crippen LogP contribution in [0.1, 0.15) is 34.4 Å². The summed E-state index contributed by atoms with van der Waals surface area (Å²) in [5.41, 5.74) is 3.08. The Morgan fingerprint density at radius 1 is 1.32 bits per heavy atom. The normalized spacial score (nSPS) is 17.8. The second-order valence-corrected chi connectivity index (χ2v) is 7.51. The molecule has 158 valence electrons. The van der Waals surface area contributed by atoms with Crippen LogP contribution in [-0.4, -0.2) is 37.9 Å². The zero-order valence-electron chi connectivity index (χ0n) is 16.5. The van der Waals surface area contributed by atoms with Crippen molar-refractivity contribution in [3.05, 3.63) is 65.9 Å². The molecule has 0 radical (unpaired) electrons. The molecular weight excluding hydrogens is 406 g/mol. The van der Waals surface area contributed by atoms with Crippen LogP contribution in [0, 0.1) is 6.92 Å². The van der Waals surface area contributed by atoms with Crippen LogP contribution >= 0.6 is 0 Å². The number of carbonyl (C=O) groups is 1. The Hall–Kier alpha value is -3.66. The van der Waals surface area contributed by atoms with E-state index in [4.69, 9.17) is 4.52 Å². The SMILES string of the molecule is Cc1ccc(-c2noc([C@@H]3CC(F)(F)CN3)n2)cc1NC(=O)c1cnc2ccccn12. The zero-order valence-corrected chi connectivity index (χ0v) is 16.5. The van der Waals surface area contributed by atoms with E-state index in [1.165, 1.54) is 6.20 Å². The molecule has 1 aromatic carbocycles. The average molecular weight is 424 g/mol. The van der Waals surface area contributed by atoms with Gasteiger partial charge >= 0.3 is 0 Å². The van der Waals surface area contributed by atoms with Gasteiger partial charge in [0, 0.05) is 23.9 Å². The Labute approximate surface area is 175 Å². The van der Waals surface area contributed by atoms with Crippen molar-refractivity contribution in [2.45, 2.75) is 25.3 Å². The molecule has 0 aliphatic carbocycles. The molecule has 31 heavy (non-hydrogen) atoms. The van der Waals surface area contributed by atoms with Gasteiger partial charge in [0.25, 0.3) is 11.8 Å². The molecule has 1 amide bonds. The molecule has 1 aliphatic heterocycles. The van der Waals surface area contributed by atoms with Crippen molar-refractivity contribution in [2.24, 2.45) is 0 Å². The highest BCUT2D eigenvalue weighted by Crippen LogP contribution is 2.34. The minimum Gasteiger partial charge on any atom is -0.337 e. The standard InChI is InChI=1S/C21H18F2N6O2/c1-12-5-6-13(18-27-20(31-28-18)15-9-21(22,23)11-25-15)8-14(12)26-19(30)16-10-24-17-4-2-3-7-29(16)17/h2-8,10,15,25H,9,11H2,1H3,(H,26,30)/t15-/m0/s1. The number of carbonyl (C=O) groups excluding carboxylic acids is 1. The molecule has 4 aromatic rings. The largest absolute Gasteiger partial charge is 0.337 e. The molecule has 0 saturated carbocycles. The summed E-state index contributed by atoms with van der Waals surface area (Å²) in [6, 6.07) is 10.1. The van der Waals surface area contributed by atoms with E-state index in [-0.39, 0.29) is 24.0 Å². The zero-order chi connectivity index (χ0) is 21.6. The number of benzene rings is 1. The quantitative estimate of drug-likeness (QED) is 0.519. The van der Waals surface area contributed by atoms with Gasteiger partial charge in [-0.05, 0) is 30.7 Å². The van der Waals surface area contributed by atoms with Crippen molar-refractivity contribution in [1.29, 1.82) is 0 Å². The summed E-state index contributed by atoms with van der Waals surface area (Å²) >= 11 is 0. The van der Waals surface area contributed by atoms with E-state index in [9.17, 15) is 13.6 Å². The minimum absolute atomic E-state index is 0.115. The summed E-state index contributed by atoms with van der Waals surface area (Å²) in [7, 11) is 0. The Morgan fingerprint density at radius 3 is 3.00 bits per heavy atom. The number of amides is 1. The average Bonchev–Trinajstić information content (AvgIpc) is 3.47. The molecule has 0 spiro atoms. The third-order valence-corrected chi connectivity index (χ3v) is 5.24. The lowest BCUT2D eigenvalue weighted by atomic mass is 10.1. The first-order chi connectivity index (χ1) is 14.9. The van der Waals surface area contributed by atoms with Gasteiger partial charge in [0.15, 0.2) is 0 Å². The minimum atomic E-state index is -2.79. The molecule has 1 saturated heterocycles. The van der Waals surface area contributed by atoms with Gasteiger partial charge in [0.1, 0.15) is 11.3 Å². The first kappa shape index (κ1) is 19.3. The molecule has 2 N–H and O–H groups in total. The van der Waals surface area contributed by atoms with Crippen LogP contribution in [0.2, 0.25) is 0 Å². The molecule has 8 nitrogen and oxygen atoms in total. The number of halogens is 2. The first-order valence-electron chi connectivity index (χ1n) is 9.69. The van der Waals surface area contributed by atoms with Crippen molar-refractivity contribution in [3.8, 4) is 11.4 Å². The Balaban J connectivity index is 1.39. The van der Waals surface area contributed by atoms with E-state index in [1.54, 1.807) is 22.7 Å². The number of aromatic nitrogens is 4. The smallest absolute Gasteiger partial charge is 0.274 e. The van der Waals surface area contributed by atoms with Gasteiger partial charge in [-0.1, -0.05) is 23.4 Å². The molecule has 0 bridgehead atoms. The van der Waals surface area contributed by atoms with E-state index in [0.717, 1.165) is 5.56 Å². The lowest BCUT2D eigenvalue weighted by Gasteiger charge is -2.09. The topological polar surface area (TPSA) is 97.4 Å². The molecule has 1 fully saturated rings. The van der Waals surface area contributed by atoms with E-state index in [0.29, 0.717) is 22.6 Å². The van der Waals surface area contributed by atoms with Crippen LogP contribution in [0.3, 0.4) is 0 Å². The summed E-state index contributed by atoms with van der Waals surface area (Å²) in [6.45, 7) is 1.44. The molecular formula is C21H18F2N6O2. The van der Waals surface area contributed by atoms with E-state index < -0.39 is 18.5 Å². The Morgan fingerprint density at radius 2 is 2.19 bits per heavy atom. The Kier molecular flexibility index (Phi) is 4.51. The third kappa shape index (κ3) is 3.66. The van der Waals surface area contributed by atoms with Crippen LogP contribution < -0.4 is 10.6 Å². The second-order valence-electron chi connectivity index (χ2n) is 7.51. The fourth-order valence-corrected chi connectivity index (χ4v) is 3.57. The maximum atomic E-state index is 13.4. The van der Waals surface area contributed by atoms with Gasteiger partial charge in [0.05, 0.1) is 18.8 Å². The van der Waals surface area contributed by atoms with Gasteiger partial charge in [0.2, 0.25) is 11.7 Å². The predicted octanol–water partition coefficient (Wildman–Crippen LogP) is 3.61. The van der Waals surface area contributed by atoms with Crippen molar-refractivity contribution in [1.82, 2.24) is 24.8 Å². The van der Waals surface area contributed by atoms with Gasteiger partial charge in [-0.15, -0.1) is 0 Å². The van der Waals surface area contributed by atoms with Crippen molar-refractivity contribution >= 4 is 17.2 Å². The summed E-state index contributed by atoms with van der Waals surface area (Å²) in [4.78, 5) is 21.3. The van der Waals surface area contributed by atoms with Crippen LogP contribution in [0.5, 0.6) is 0 Å². The van der Waals surface area contributed by atoms with Crippen LogP contribution in [0.15, 0.2) is 53.3 Å².